The SMILES string of the molecule is CC(C)[C@H](NC(=O)C1(c2ccccc2)CCN(C(=O)[C@H]2CSCN2C(=O)OC(C)(C)C)CC1)C(=O)O. The minimum absolute atomic E-state index is 0.154. The molecular formula is C26H37N3O6S. The van der Waals surface area contributed by atoms with Gasteiger partial charge in [-0.2, -0.15) is 0 Å². The Balaban J connectivity index is 1.77. The molecule has 10 heteroatoms. The van der Waals surface area contributed by atoms with E-state index in [1.165, 1.54) is 16.7 Å². The van der Waals surface area contributed by atoms with E-state index in [1.54, 1.807) is 39.5 Å². The van der Waals surface area contributed by atoms with Crippen molar-refractivity contribution >= 4 is 35.6 Å². The lowest BCUT2D eigenvalue weighted by Crippen LogP contribution is -2.58. The molecule has 9 nitrogen and oxygen atoms in total. The number of carboxylic acids is 1. The van der Waals surface area contributed by atoms with Crippen LogP contribution in [0.2, 0.25) is 0 Å². The molecule has 0 spiro atoms. The Kier molecular flexibility index (Phi) is 8.59. The Morgan fingerprint density at radius 1 is 1.11 bits per heavy atom. The van der Waals surface area contributed by atoms with E-state index in [1.807, 2.05) is 30.3 Å². The number of thioether (sulfide) groups is 1. The Bertz CT molecular complexity index is 970. The van der Waals surface area contributed by atoms with E-state index in [-0.39, 0.29) is 17.7 Å². The number of piperidine rings is 1. The first kappa shape index (κ1) is 27.8. The van der Waals surface area contributed by atoms with Crippen LogP contribution in [-0.2, 0) is 24.5 Å². The molecule has 2 fully saturated rings. The molecule has 0 radical (unpaired) electrons. The first-order valence-corrected chi connectivity index (χ1v) is 13.5. The van der Waals surface area contributed by atoms with Crippen molar-refractivity contribution in [3.63, 3.8) is 0 Å². The molecule has 2 N–H and O–H groups in total. The number of nitrogens with one attached hydrogen (secondary N) is 1. The van der Waals surface area contributed by atoms with Crippen molar-refractivity contribution in [3.8, 4) is 0 Å². The predicted molar refractivity (Wildman–Crippen MR) is 138 cm³/mol. The fraction of sp³-hybridized carbons (Fsp3) is 0.615. The minimum Gasteiger partial charge on any atom is -0.480 e. The summed E-state index contributed by atoms with van der Waals surface area (Å²) in [6.45, 7) is 9.53. The van der Waals surface area contributed by atoms with Gasteiger partial charge in [0.15, 0.2) is 0 Å². The molecule has 3 amide bonds. The highest BCUT2D eigenvalue weighted by Crippen LogP contribution is 2.37. The number of hydrogen-bond acceptors (Lipinski definition) is 6. The van der Waals surface area contributed by atoms with Crippen molar-refractivity contribution in [2.75, 3.05) is 24.7 Å². The molecule has 2 saturated heterocycles. The molecule has 2 aliphatic rings. The van der Waals surface area contributed by atoms with E-state index in [2.05, 4.69) is 5.32 Å². The van der Waals surface area contributed by atoms with Crippen LogP contribution in [0.3, 0.4) is 0 Å². The van der Waals surface area contributed by atoms with E-state index >= 15 is 0 Å². The maximum absolute atomic E-state index is 13.6. The largest absolute Gasteiger partial charge is 0.480 e. The monoisotopic (exact) mass is 519 g/mol. The Morgan fingerprint density at radius 3 is 2.25 bits per heavy atom. The number of amides is 3. The van der Waals surface area contributed by atoms with Gasteiger partial charge in [-0.3, -0.25) is 14.5 Å². The Hall–Kier alpha value is -2.75. The molecule has 2 heterocycles. The zero-order chi connectivity index (χ0) is 26.7. The molecule has 0 unspecified atom stereocenters. The average Bonchev–Trinajstić information content (AvgIpc) is 3.31. The number of carboxylic acid groups (broad SMARTS) is 1. The van der Waals surface area contributed by atoms with Gasteiger partial charge >= 0.3 is 12.1 Å². The van der Waals surface area contributed by atoms with Crippen molar-refractivity contribution in [1.82, 2.24) is 15.1 Å². The van der Waals surface area contributed by atoms with Crippen molar-refractivity contribution in [2.24, 2.45) is 5.92 Å². The lowest BCUT2D eigenvalue weighted by Gasteiger charge is -2.42. The number of rotatable bonds is 6. The van der Waals surface area contributed by atoms with Crippen LogP contribution in [0.1, 0.15) is 53.0 Å². The average molecular weight is 520 g/mol. The molecule has 36 heavy (non-hydrogen) atoms. The highest BCUT2D eigenvalue weighted by molar-refractivity contribution is 7.99. The van der Waals surface area contributed by atoms with Crippen LogP contribution >= 0.6 is 11.8 Å². The fourth-order valence-electron chi connectivity index (χ4n) is 4.66. The maximum Gasteiger partial charge on any atom is 0.411 e. The molecule has 0 aromatic heterocycles. The summed E-state index contributed by atoms with van der Waals surface area (Å²) < 4.78 is 5.49. The van der Waals surface area contributed by atoms with E-state index in [4.69, 9.17) is 4.74 Å². The summed E-state index contributed by atoms with van der Waals surface area (Å²) >= 11 is 1.51. The maximum atomic E-state index is 13.6. The number of hydrogen-bond donors (Lipinski definition) is 2. The van der Waals surface area contributed by atoms with E-state index in [0.717, 1.165) is 5.56 Å². The van der Waals surface area contributed by atoms with Gasteiger partial charge in [0.1, 0.15) is 17.7 Å². The van der Waals surface area contributed by atoms with Crippen molar-refractivity contribution in [3.05, 3.63) is 35.9 Å². The summed E-state index contributed by atoms with van der Waals surface area (Å²) in [5, 5.41) is 12.4. The third-order valence-electron chi connectivity index (χ3n) is 6.70. The highest BCUT2D eigenvalue weighted by Gasteiger charge is 2.47. The van der Waals surface area contributed by atoms with Gasteiger partial charge < -0.3 is 20.1 Å². The molecule has 1 aromatic rings. The van der Waals surface area contributed by atoms with Crippen LogP contribution in [0.4, 0.5) is 4.79 Å². The van der Waals surface area contributed by atoms with Gasteiger partial charge in [0.05, 0.1) is 11.3 Å². The molecule has 3 rings (SSSR count). The Labute approximate surface area is 216 Å². The van der Waals surface area contributed by atoms with E-state index in [0.29, 0.717) is 37.6 Å². The van der Waals surface area contributed by atoms with Crippen molar-refractivity contribution in [1.29, 1.82) is 0 Å². The topological polar surface area (TPSA) is 116 Å². The minimum atomic E-state index is -1.07. The summed E-state index contributed by atoms with van der Waals surface area (Å²) in [7, 11) is 0. The van der Waals surface area contributed by atoms with Crippen LogP contribution in [0.25, 0.3) is 0 Å². The summed E-state index contributed by atoms with van der Waals surface area (Å²) in [5.41, 5.74) is -0.805. The quantitative estimate of drug-likeness (QED) is 0.593. The van der Waals surface area contributed by atoms with E-state index in [9.17, 15) is 24.3 Å². The van der Waals surface area contributed by atoms with Crippen molar-refractivity contribution in [2.45, 2.75) is 70.6 Å². The summed E-state index contributed by atoms with van der Waals surface area (Å²) in [5.74, 6) is -0.962. The van der Waals surface area contributed by atoms with Gasteiger partial charge in [-0.05, 0) is 45.1 Å². The molecule has 0 aliphatic carbocycles. The third kappa shape index (κ3) is 6.14. The molecule has 0 saturated carbocycles. The van der Waals surface area contributed by atoms with Crippen LogP contribution in [0.5, 0.6) is 0 Å². The number of carbonyl (C=O) groups excluding carboxylic acids is 3. The van der Waals surface area contributed by atoms with E-state index < -0.39 is 35.2 Å². The fourth-order valence-corrected chi connectivity index (χ4v) is 5.80. The summed E-state index contributed by atoms with van der Waals surface area (Å²) in [6, 6.07) is 7.71. The molecule has 198 valence electrons. The number of nitrogens with zero attached hydrogens (tertiary/aromatic N) is 2. The van der Waals surface area contributed by atoms with Gasteiger partial charge in [0.25, 0.3) is 0 Å². The first-order chi connectivity index (χ1) is 16.9. The van der Waals surface area contributed by atoms with Gasteiger partial charge in [-0.15, -0.1) is 11.8 Å². The lowest BCUT2D eigenvalue weighted by molar-refractivity contribution is -0.145. The zero-order valence-electron chi connectivity index (χ0n) is 21.7. The molecule has 1 aromatic carbocycles. The lowest BCUT2D eigenvalue weighted by atomic mass is 9.71. The number of likely N-dealkylation sites (tertiary alicyclic amines) is 1. The molecule has 0 bridgehead atoms. The van der Waals surface area contributed by atoms with Gasteiger partial charge in [0.2, 0.25) is 11.8 Å². The standard InChI is InChI=1S/C26H37N3O6S/c1-17(2)20(22(31)32)27-23(33)26(18-9-7-6-8-10-18)11-13-28(14-12-26)21(30)19-15-36-16-29(19)24(34)35-25(3,4)5/h6-10,17,19-20H,11-16H2,1-5H3,(H,27,33)(H,31,32)/t19-,20+/m1/s1. The number of carbonyl (C=O) groups is 4. The zero-order valence-corrected chi connectivity index (χ0v) is 22.5. The highest BCUT2D eigenvalue weighted by atomic mass is 32.2. The number of benzene rings is 1. The van der Waals surface area contributed by atoms with Crippen LogP contribution in [0, 0.1) is 5.92 Å². The van der Waals surface area contributed by atoms with Crippen LogP contribution in [-0.4, -0.2) is 81.2 Å². The second-order valence-electron chi connectivity index (χ2n) is 10.8. The Morgan fingerprint density at radius 2 is 1.72 bits per heavy atom. The van der Waals surface area contributed by atoms with Gasteiger partial charge in [0, 0.05) is 18.8 Å². The normalized spacial score (nSPS) is 20.7. The van der Waals surface area contributed by atoms with Crippen LogP contribution in [0.15, 0.2) is 30.3 Å². The molecule has 2 atom stereocenters. The smallest absolute Gasteiger partial charge is 0.411 e. The molecular weight excluding hydrogens is 482 g/mol. The predicted octanol–water partition coefficient (Wildman–Crippen LogP) is 3.08. The molecule has 2 aliphatic heterocycles. The first-order valence-electron chi connectivity index (χ1n) is 12.3. The van der Waals surface area contributed by atoms with Gasteiger partial charge in [-0.25, -0.2) is 9.59 Å². The second kappa shape index (κ2) is 11.1. The number of aliphatic carboxylic acids is 1. The number of ether oxygens (including phenoxy) is 1. The van der Waals surface area contributed by atoms with Gasteiger partial charge in [-0.1, -0.05) is 44.2 Å². The van der Waals surface area contributed by atoms with Crippen LogP contribution < -0.4 is 5.32 Å². The summed E-state index contributed by atoms with van der Waals surface area (Å²) in [6.07, 6.45) is 0.200. The summed E-state index contributed by atoms with van der Waals surface area (Å²) in [4.78, 5) is 54.6. The second-order valence-corrected chi connectivity index (χ2v) is 11.8. The van der Waals surface area contributed by atoms with Crippen molar-refractivity contribution < 1.29 is 29.0 Å². The third-order valence-corrected chi connectivity index (χ3v) is 7.72.